The van der Waals surface area contributed by atoms with E-state index in [9.17, 15) is 17.6 Å². The van der Waals surface area contributed by atoms with Crippen LogP contribution in [-0.4, -0.2) is 40.3 Å². The van der Waals surface area contributed by atoms with E-state index in [0.29, 0.717) is 6.61 Å². The minimum atomic E-state index is -3.75. The molecule has 8 heteroatoms. The SMILES string of the molecule is CS(=O)(=O)N(CC(=O)NC[C@@H]1OCCc2ccccc21)c1cccc(F)c1. The largest absolute Gasteiger partial charge is 0.371 e. The lowest BCUT2D eigenvalue weighted by Crippen LogP contribution is -2.42. The number of nitrogens with one attached hydrogen (secondary N) is 1. The molecule has 0 saturated heterocycles. The molecule has 6 nitrogen and oxygen atoms in total. The van der Waals surface area contributed by atoms with Gasteiger partial charge in [-0.1, -0.05) is 30.3 Å². The van der Waals surface area contributed by atoms with Gasteiger partial charge >= 0.3 is 0 Å². The number of halogens is 1. The fourth-order valence-electron chi connectivity index (χ4n) is 3.07. The number of sulfonamides is 1. The van der Waals surface area contributed by atoms with E-state index in [1.807, 2.05) is 24.3 Å². The van der Waals surface area contributed by atoms with Crippen LogP contribution in [0.3, 0.4) is 0 Å². The minimum absolute atomic E-state index is 0.104. The van der Waals surface area contributed by atoms with Gasteiger partial charge in [0.2, 0.25) is 15.9 Å². The molecule has 0 aromatic heterocycles. The Hall–Kier alpha value is -2.45. The molecule has 0 bridgehead atoms. The van der Waals surface area contributed by atoms with Gasteiger partial charge in [0.25, 0.3) is 0 Å². The van der Waals surface area contributed by atoms with E-state index < -0.39 is 28.3 Å². The monoisotopic (exact) mass is 392 g/mol. The summed E-state index contributed by atoms with van der Waals surface area (Å²) in [6.07, 6.45) is 1.52. The van der Waals surface area contributed by atoms with Crippen LogP contribution in [-0.2, 0) is 26.0 Å². The molecule has 0 fully saturated rings. The summed E-state index contributed by atoms with van der Waals surface area (Å²) in [6.45, 7) is 0.365. The number of ether oxygens (including phenoxy) is 1. The number of fused-ring (bicyclic) bond motifs is 1. The lowest BCUT2D eigenvalue weighted by molar-refractivity contribution is -0.120. The van der Waals surface area contributed by atoms with Gasteiger partial charge in [-0.15, -0.1) is 0 Å². The number of hydrogen-bond acceptors (Lipinski definition) is 4. The molecule has 1 N–H and O–H groups in total. The normalized spacial score (nSPS) is 16.4. The van der Waals surface area contributed by atoms with Crippen LogP contribution in [0.5, 0.6) is 0 Å². The number of amides is 1. The van der Waals surface area contributed by atoms with Crippen LogP contribution < -0.4 is 9.62 Å². The topological polar surface area (TPSA) is 75.7 Å². The molecule has 1 atom stereocenters. The minimum Gasteiger partial charge on any atom is -0.371 e. The van der Waals surface area contributed by atoms with Crippen LogP contribution in [0.15, 0.2) is 48.5 Å². The van der Waals surface area contributed by atoms with Gasteiger partial charge in [-0.25, -0.2) is 12.8 Å². The number of nitrogens with zero attached hydrogens (tertiary/aromatic N) is 1. The first-order valence-corrected chi connectivity index (χ1v) is 10.4. The van der Waals surface area contributed by atoms with Crippen LogP contribution in [0.1, 0.15) is 17.2 Å². The Balaban J connectivity index is 1.67. The highest BCUT2D eigenvalue weighted by Gasteiger charge is 2.24. The van der Waals surface area contributed by atoms with Crippen molar-refractivity contribution in [2.24, 2.45) is 0 Å². The maximum atomic E-state index is 13.4. The second-order valence-corrected chi connectivity index (χ2v) is 8.27. The Morgan fingerprint density at radius 1 is 1.26 bits per heavy atom. The van der Waals surface area contributed by atoms with E-state index in [1.54, 1.807) is 0 Å². The van der Waals surface area contributed by atoms with Crippen LogP contribution in [0, 0.1) is 5.82 Å². The average molecular weight is 392 g/mol. The van der Waals surface area contributed by atoms with Crippen molar-refractivity contribution < 1.29 is 22.3 Å². The Morgan fingerprint density at radius 2 is 2.04 bits per heavy atom. The van der Waals surface area contributed by atoms with Crippen LogP contribution in [0.25, 0.3) is 0 Å². The standard InChI is InChI=1S/C19H21FN2O4S/c1-27(24,25)22(16-7-4-6-15(20)11-16)13-19(23)21-12-18-17-8-3-2-5-14(17)9-10-26-18/h2-8,11,18H,9-10,12-13H2,1H3,(H,21,23)/t18-/m0/s1. The highest BCUT2D eigenvalue weighted by molar-refractivity contribution is 7.92. The highest BCUT2D eigenvalue weighted by atomic mass is 32.2. The maximum Gasteiger partial charge on any atom is 0.240 e. The van der Waals surface area contributed by atoms with Crippen molar-refractivity contribution in [3.8, 4) is 0 Å². The molecule has 0 unspecified atom stereocenters. The zero-order valence-corrected chi connectivity index (χ0v) is 15.7. The van der Waals surface area contributed by atoms with Crippen LogP contribution in [0.2, 0.25) is 0 Å². The van der Waals surface area contributed by atoms with Gasteiger partial charge in [0.15, 0.2) is 0 Å². The fraction of sp³-hybridized carbons (Fsp3) is 0.316. The zero-order chi connectivity index (χ0) is 19.4. The summed E-state index contributed by atoms with van der Waals surface area (Å²) >= 11 is 0. The predicted molar refractivity (Wildman–Crippen MR) is 100 cm³/mol. The zero-order valence-electron chi connectivity index (χ0n) is 14.9. The fourth-order valence-corrected chi connectivity index (χ4v) is 3.92. The molecule has 0 saturated carbocycles. The van der Waals surface area contributed by atoms with Gasteiger partial charge < -0.3 is 10.1 Å². The first-order valence-electron chi connectivity index (χ1n) is 8.54. The van der Waals surface area contributed by atoms with Crippen molar-refractivity contribution in [1.29, 1.82) is 0 Å². The summed E-state index contributed by atoms with van der Waals surface area (Å²) in [5.74, 6) is -1.06. The smallest absolute Gasteiger partial charge is 0.240 e. The molecule has 0 aliphatic carbocycles. The molecule has 1 amide bonds. The molecule has 2 aromatic carbocycles. The number of carbonyl (C=O) groups excluding carboxylic acids is 1. The third-order valence-electron chi connectivity index (χ3n) is 4.36. The van der Waals surface area contributed by atoms with Crippen molar-refractivity contribution in [1.82, 2.24) is 5.32 Å². The molecule has 2 aromatic rings. The maximum absolute atomic E-state index is 13.4. The molecule has 144 valence electrons. The van der Waals surface area contributed by atoms with Gasteiger partial charge in [-0.05, 0) is 35.7 Å². The van der Waals surface area contributed by atoms with Gasteiger partial charge in [-0.2, -0.15) is 0 Å². The lowest BCUT2D eigenvalue weighted by atomic mass is 9.97. The van der Waals surface area contributed by atoms with E-state index >= 15 is 0 Å². The average Bonchev–Trinajstić information content (AvgIpc) is 2.63. The first kappa shape index (κ1) is 19.3. The molecule has 1 heterocycles. The van der Waals surface area contributed by atoms with E-state index in [2.05, 4.69) is 5.32 Å². The number of carbonyl (C=O) groups is 1. The third kappa shape index (κ3) is 4.84. The highest BCUT2D eigenvalue weighted by Crippen LogP contribution is 2.26. The van der Waals surface area contributed by atoms with E-state index in [-0.39, 0.29) is 18.3 Å². The Morgan fingerprint density at radius 3 is 2.78 bits per heavy atom. The van der Waals surface area contributed by atoms with E-state index in [0.717, 1.165) is 28.6 Å². The Labute approximate surface area is 158 Å². The molecular formula is C19H21FN2O4S. The van der Waals surface area contributed by atoms with Crippen molar-refractivity contribution in [3.63, 3.8) is 0 Å². The number of hydrogen-bond donors (Lipinski definition) is 1. The van der Waals surface area contributed by atoms with Gasteiger partial charge in [-0.3, -0.25) is 9.10 Å². The molecule has 27 heavy (non-hydrogen) atoms. The van der Waals surface area contributed by atoms with E-state index in [1.165, 1.54) is 23.8 Å². The van der Waals surface area contributed by atoms with Crippen molar-refractivity contribution in [2.75, 3.05) is 30.3 Å². The lowest BCUT2D eigenvalue weighted by Gasteiger charge is -2.27. The van der Waals surface area contributed by atoms with Gasteiger partial charge in [0, 0.05) is 6.54 Å². The summed E-state index contributed by atoms with van der Waals surface area (Å²) in [5, 5.41) is 2.72. The second kappa shape index (κ2) is 8.06. The molecule has 0 spiro atoms. The van der Waals surface area contributed by atoms with Gasteiger partial charge in [0.1, 0.15) is 18.5 Å². The summed E-state index contributed by atoms with van der Waals surface area (Å²) in [4.78, 5) is 12.3. The summed E-state index contributed by atoms with van der Waals surface area (Å²) in [5.41, 5.74) is 2.31. The number of rotatable bonds is 6. The predicted octanol–water partition coefficient (Wildman–Crippen LogP) is 2.02. The summed E-state index contributed by atoms with van der Waals surface area (Å²) in [6, 6.07) is 13.0. The molecule has 3 rings (SSSR count). The number of benzene rings is 2. The van der Waals surface area contributed by atoms with Gasteiger partial charge in [0.05, 0.1) is 18.6 Å². The van der Waals surface area contributed by atoms with Crippen molar-refractivity contribution in [3.05, 3.63) is 65.5 Å². The third-order valence-corrected chi connectivity index (χ3v) is 5.50. The Kier molecular flexibility index (Phi) is 5.76. The quantitative estimate of drug-likeness (QED) is 0.816. The molecule has 1 aliphatic heterocycles. The van der Waals surface area contributed by atoms with Crippen LogP contribution in [0.4, 0.5) is 10.1 Å². The summed E-state index contributed by atoms with van der Waals surface area (Å²) in [7, 11) is -3.75. The molecule has 0 radical (unpaired) electrons. The molecule has 1 aliphatic rings. The summed E-state index contributed by atoms with van der Waals surface area (Å²) < 4.78 is 44.1. The Bertz CT molecular complexity index is 933. The molecular weight excluding hydrogens is 371 g/mol. The second-order valence-electron chi connectivity index (χ2n) is 6.36. The van der Waals surface area contributed by atoms with Crippen molar-refractivity contribution in [2.45, 2.75) is 12.5 Å². The van der Waals surface area contributed by atoms with E-state index in [4.69, 9.17) is 4.74 Å². The number of anilines is 1. The first-order chi connectivity index (χ1) is 12.8. The van der Waals surface area contributed by atoms with Crippen molar-refractivity contribution >= 4 is 21.6 Å². The van der Waals surface area contributed by atoms with Crippen LogP contribution >= 0.6 is 0 Å².